The molecule has 1 aliphatic rings. The fourth-order valence-corrected chi connectivity index (χ4v) is 2.66. The number of fused-ring (bicyclic) bond motifs is 1. The zero-order valence-corrected chi connectivity index (χ0v) is 11.2. The molecule has 0 saturated heterocycles. The first-order chi connectivity index (χ1) is 9.75. The normalized spacial score (nSPS) is 13.7. The molecule has 102 valence electrons. The van der Waals surface area contributed by atoms with Crippen LogP contribution in [0.25, 0.3) is 0 Å². The third-order valence-electron chi connectivity index (χ3n) is 3.73. The highest BCUT2D eigenvalue weighted by molar-refractivity contribution is 5.98. The van der Waals surface area contributed by atoms with Gasteiger partial charge in [0.05, 0.1) is 0 Å². The van der Waals surface area contributed by atoms with Crippen LogP contribution in [0.5, 0.6) is 0 Å². The fourth-order valence-electron chi connectivity index (χ4n) is 2.66. The van der Waals surface area contributed by atoms with Gasteiger partial charge in [-0.15, -0.1) is 0 Å². The number of carbonyl (C=O) groups is 1. The Kier molecular flexibility index (Phi) is 3.50. The molecule has 0 unspecified atom stereocenters. The molecule has 0 radical (unpaired) electrons. The van der Waals surface area contributed by atoms with Gasteiger partial charge in [0.1, 0.15) is 5.82 Å². The topological polar surface area (TPSA) is 20.3 Å². The van der Waals surface area contributed by atoms with E-state index in [1.54, 1.807) is 12.1 Å². The van der Waals surface area contributed by atoms with Crippen molar-refractivity contribution < 1.29 is 9.18 Å². The summed E-state index contributed by atoms with van der Waals surface area (Å²) >= 11 is 0. The number of amides is 1. The van der Waals surface area contributed by atoms with E-state index in [-0.39, 0.29) is 11.7 Å². The van der Waals surface area contributed by atoms with Crippen LogP contribution in [0, 0.1) is 5.82 Å². The van der Waals surface area contributed by atoms with Crippen molar-refractivity contribution >= 4 is 5.91 Å². The van der Waals surface area contributed by atoms with Gasteiger partial charge in [0.15, 0.2) is 0 Å². The number of hydrogen-bond acceptors (Lipinski definition) is 1. The molecular formula is C17H16FNO. The summed E-state index contributed by atoms with van der Waals surface area (Å²) in [6, 6.07) is 14.5. The van der Waals surface area contributed by atoms with Crippen molar-refractivity contribution in [3.63, 3.8) is 0 Å². The van der Waals surface area contributed by atoms with Gasteiger partial charge in [0, 0.05) is 18.7 Å². The summed E-state index contributed by atoms with van der Waals surface area (Å²) in [5, 5.41) is 0. The maximum Gasteiger partial charge on any atom is 0.254 e. The van der Waals surface area contributed by atoms with E-state index in [0.717, 1.165) is 23.1 Å². The number of halogens is 1. The molecule has 2 nitrogen and oxygen atoms in total. The first-order valence-electron chi connectivity index (χ1n) is 6.86. The zero-order valence-electron chi connectivity index (χ0n) is 11.2. The number of benzene rings is 2. The van der Waals surface area contributed by atoms with E-state index in [9.17, 15) is 9.18 Å². The smallest absolute Gasteiger partial charge is 0.254 e. The first-order valence-corrected chi connectivity index (χ1v) is 6.86. The van der Waals surface area contributed by atoms with Crippen LogP contribution in [0.15, 0.2) is 48.5 Å². The van der Waals surface area contributed by atoms with Gasteiger partial charge in [-0.1, -0.05) is 36.4 Å². The predicted octanol–water partition coefficient (Wildman–Crippen LogP) is 3.41. The van der Waals surface area contributed by atoms with Crippen LogP contribution in [0.3, 0.4) is 0 Å². The highest BCUT2D eigenvalue weighted by atomic mass is 19.1. The zero-order chi connectivity index (χ0) is 13.9. The van der Waals surface area contributed by atoms with Gasteiger partial charge in [-0.25, -0.2) is 4.39 Å². The number of carbonyl (C=O) groups excluding carboxylic acids is 1. The molecule has 0 aromatic heterocycles. The summed E-state index contributed by atoms with van der Waals surface area (Å²) < 4.78 is 13.5. The van der Waals surface area contributed by atoms with Gasteiger partial charge in [0.2, 0.25) is 0 Å². The van der Waals surface area contributed by atoms with Gasteiger partial charge in [0.25, 0.3) is 5.91 Å². The van der Waals surface area contributed by atoms with Crippen LogP contribution >= 0.6 is 0 Å². The molecule has 3 heteroatoms. The molecule has 20 heavy (non-hydrogen) atoms. The van der Waals surface area contributed by atoms with Crippen LogP contribution in [0.4, 0.5) is 4.39 Å². The predicted molar refractivity (Wildman–Crippen MR) is 75.9 cm³/mol. The summed E-state index contributed by atoms with van der Waals surface area (Å²) in [5.74, 6) is -0.0716. The van der Waals surface area contributed by atoms with Crippen molar-refractivity contribution in [3.05, 3.63) is 71.0 Å². The second-order valence-electron chi connectivity index (χ2n) is 5.08. The largest absolute Gasteiger partial charge is 0.334 e. The maximum absolute atomic E-state index is 13.5. The Morgan fingerprint density at radius 1 is 1.05 bits per heavy atom. The van der Waals surface area contributed by atoms with Gasteiger partial charge >= 0.3 is 0 Å². The third kappa shape index (κ3) is 2.44. The highest BCUT2D eigenvalue weighted by Crippen LogP contribution is 2.22. The lowest BCUT2D eigenvalue weighted by atomic mass is 10.1. The maximum atomic E-state index is 13.5. The number of nitrogens with zero attached hydrogens (tertiary/aromatic N) is 1. The molecule has 1 heterocycles. The molecule has 0 bridgehead atoms. The number of hydrogen-bond donors (Lipinski definition) is 0. The molecule has 3 rings (SSSR count). The molecule has 0 saturated carbocycles. The Hall–Kier alpha value is -2.16. The van der Waals surface area contributed by atoms with E-state index in [1.165, 1.54) is 6.07 Å². The van der Waals surface area contributed by atoms with Crippen LogP contribution in [0.1, 0.15) is 27.9 Å². The monoisotopic (exact) mass is 269 g/mol. The van der Waals surface area contributed by atoms with Crippen molar-refractivity contribution in [2.24, 2.45) is 0 Å². The van der Waals surface area contributed by atoms with Crippen molar-refractivity contribution in [1.82, 2.24) is 4.90 Å². The number of rotatable bonds is 4. The summed E-state index contributed by atoms with van der Waals surface area (Å²) in [6.45, 7) is 1.34. The fraction of sp³-hybridized carbons (Fsp3) is 0.235. The van der Waals surface area contributed by atoms with E-state index in [1.807, 2.05) is 35.2 Å². The second kappa shape index (κ2) is 5.45. The van der Waals surface area contributed by atoms with Crippen molar-refractivity contribution in [2.75, 3.05) is 6.54 Å². The molecule has 0 spiro atoms. The van der Waals surface area contributed by atoms with Crippen LogP contribution in [-0.2, 0) is 13.0 Å². The van der Waals surface area contributed by atoms with E-state index < -0.39 is 0 Å². The summed E-state index contributed by atoms with van der Waals surface area (Å²) in [4.78, 5) is 14.0. The summed E-state index contributed by atoms with van der Waals surface area (Å²) in [6.07, 6.45) is 1.44. The van der Waals surface area contributed by atoms with Crippen molar-refractivity contribution in [3.8, 4) is 0 Å². The minimum absolute atomic E-state index is 0.0918. The van der Waals surface area contributed by atoms with E-state index in [2.05, 4.69) is 0 Å². The van der Waals surface area contributed by atoms with Gasteiger partial charge in [-0.3, -0.25) is 4.79 Å². The summed E-state index contributed by atoms with van der Waals surface area (Å²) in [5.41, 5.74) is 2.61. The molecule has 0 aliphatic carbocycles. The van der Waals surface area contributed by atoms with Gasteiger partial charge in [-0.05, 0) is 36.1 Å². The lowest BCUT2D eigenvalue weighted by Gasteiger charge is -2.15. The minimum Gasteiger partial charge on any atom is -0.334 e. The molecule has 2 aromatic rings. The van der Waals surface area contributed by atoms with Gasteiger partial charge in [-0.2, -0.15) is 0 Å². The minimum atomic E-state index is -0.163. The van der Waals surface area contributed by atoms with E-state index in [4.69, 9.17) is 0 Å². The molecule has 2 aromatic carbocycles. The third-order valence-corrected chi connectivity index (χ3v) is 3.73. The molecular weight excluding hydrogens is 253 g/mol. The van der Waals surface area contributed by atoms with Gasteiger partial charge < -0.3 is 4.90 Å². The lowest BCUT2D eigenvalue weighted by Crippen LogP contribution is -2.25. The molecule has 0 fully saturated rings. The van der Waals surface area contributed by atoms with Crippen molar-refractivity contribution in [2.45, 2.75) is 19.4 Å². The Morgan fingerprint density at radius 3 is 2.60 bits per heavy atom. The Bertz CT molecular complexity index is 638. The van der Waals surface area contributed by atoms with Crippen molar-refractivity contribution in [1.29, 1.82) is 0 Å². The first kappa shape index (κ1) is 12.9. The Balaban J connectivity index is 1.59. The average molecular weight is 269 g/mol. The molecule has 1 aliphatic heterocycles. The highest BCUT2D eigenvalue weighted by Gasteiger charge is 2.25. The van der Waals surface area contributed by atoms with Crippen LogP contribution in [0.2, 0.25) is 0 Å². The molecule has 0 atom stereocenters. The van der Waals surface area contributed by atoms with Crippen LogP contribution < -0.4 is 0 Å². The lowest BCUT2D eigenvalue weighted by molar-refractivity contribution is 0.0776. The quantitative estimate of drug-likeness (QED) is 0.833. The Morgan fingerprint density at radius 2 is 1.80 bits per heavy atom. The van der Waals surface area contributed by atoms with E-state index in [0.29, 0.717) is 19.5 Å². The Labute approximate surface area is 117 Å². The van der Waals surface area contributed by atoms with E-state index >= 15 is 0 Å². The SMILES string of the molecule is O=C1c2ccccc2CN1CCCc1ccccc1F. The summed E-state index contributed by atoms with van der Waals surface area (Å²) in [7, 11) is 0. The number of aryl methyl sites for hydroxylation is 1. The van der Waals surface area contributed by atoms with Crippen LogP contribution in [-0.4, -0.2) is 17.4 Å². The average Bonchev–Trinajstić information content (AvgIpc) is 2.78. The second-order valence-corrected chi connectivity index (χ2v) is 5.08. The molecule has 0 N–H and O–H groups in total. The standard InChI is InChI=1S/C17H16FNO/c18-16-10-4-2-6-13(16)8-5-11-19-12-14-7-1-3-9-15(14)17(19)20/h1-4,6-7,9-10H,5,8,11-12H2. The molecule has 1 amide bonds.